The Bertz CT molecular complexity index is 334. The van der Waals surface area contributed by atoms with Crippen molar-refractivity contribution < 1.29 is 4.79 Å². The molecule has 0 radical (unpaired) electrons. The lowest BCUT2D eigenvalue weighted by atomic mass is 9.98. The van der Waals surface area contributed by atoms with Crippen LogP contribution >= 0.6 is 11.8 Å². The number of piperidine rings is 1. The average molecular weight is 314 g/mol. The predicted molar refractivity (Wildman–Crippen MR) is 89.6 cm³/mol. The van der Waals surface area contributed by atoms with Gasteiger partial charge < -0.3 is 16.0 Å². The number of piperazine rings is 1. The van der Waals surface area contributed by atoms with Gasteiger partial charge in [-0.15, -0.1) is 0 Å². The highest BCUT2D eigenvalue weighted by Gasteiger charge is 2.30. The lowest BCUT2D eigenvalue weighted by Crippen LogP contribution is -2.57. The first-order valence-electron chi connectivity index (χ1n) is 8.12. The molecule has 2 aliphatic heterocycles. The average Bonchev–Trinajstić information content (AvgIpc) is 2.52. The number of nitrogens with one attached hydrogen (secondary N) is 1. The molecule has 2 saturated heterocycles. The zero-order valence-corrected chi connectivity index (χ0v) is 14.2. The van der Waals surface area contributed by atoms with Crippen LogP contribution in [-0.2, 0) is 4.79 Å². The second-order valence-corrected chi connectivity index (χ2v) is 7.27. The largest absolute Gasteiger partial charge is 0.339 e. The van der Waals surface area contributed by atoms with E-state index < -0.39 is 0 Å². The monoisotopic (exact) mass is 314 g/mol. The first-order chi connectivity index (χ1) is 10.1. The molecule has 2 aliphatic rings. The number of rotatable bonds is 5. The summed E-state index contributed by atoms with van der Waals surface area (Å²) in [5.74, 6) is 1.10. The van der Waals surface area contributed by atoms with Crippen LogP contribution in [0.3, 0.4) is 0 Å². The third-order valence-electron chi connectivity index (χ3n) is 4.69. The van der Waals surface area contributed by atoms with E-state index in [1.807, 2.05) is 4.90 Å². The van der Waals surface area contributed by atoms with Crippen LogP contribution in [0.5, 0.6) is 0 Å². The Labute approximate surface area is 133 Å². The van der Waals surface area contributed by atoms with E-state index in [4.69, 9.17) is 5.73 Å². The zero-order valence-electron chi connectivity index (χ0n) is 13.4. The Kier molecular flexibility index (Phi) is 6.79. The Morgan fingerprint density at radius 3 is 2.71 bits per heavy atom. The van der Waals surface area contributed by atoms with Crippen molar-refractivity contribution in [2.24, 2.45) is 5.73 Å². The minimum atomic E-state index is -0.317. The molecule has 0 bridgehead atoms. The van der Waals surface area contributed by atoms with Gasteiger partial charge in [-0.25, -0.2) is 0 Å². The zero-order chi connectivity index (χ0) is 15.2. The van der Waals surface area contributed by atoms with Gasteiger partial charge in [0, 0.05) is 38.3 Å². The number of thioether (sulfide) groups is 1. The van der Waals surface area contributed by atoms with Crippen molar-refractivity contribution in [1.82, 2.24) is 15.1 Å². The molecule has 122 valence electrons. The van der Waals surface area contributed by atoms with Crippen molar-refractivity contribution in [3.05, 3.63) is 0 Å². The van der Waals surface area contributed by atoms with E-state index in [-0.39, 0.29) is 11.9 Å². The van der Waals surface area contributed by atoms with E-state index >= 15 is 0 Å². The molecule has 3 N–H and O–H groups in total. The van der Waals surface area contributed by atoms with Gasteiger partial charge in [0.1, 0.15) is 0 Å². The van der Waals surface area contributed by atoms with Crippen LogP contribution in [0.2, 0.25) is 0 Å². The highest BCUT2D eigenvalue weighted by Crippen LogP contribution is 2.18. The molecule has 0 aromatic heterocycles. The normalized spacial score (nSPS) is 29.4. The highest BCUT2D eigenvalue weighted by molar-refractivity contribution is 7.98. The van der Waals surface area contributed by atoms with Gasteiger partial charge in [-0.05, 0) is 44.7 Å². The maximum Gasteiger partial charge on any atom is 0.239 e. The molecular formula is C15H30N4OS. The molecule has 0 spiro atoms. The number of nitrogens with two attached hydrogens (primary N) is 1. The first kappa shape index (κ1) is 17.1. The molecule has 2 rings (SSSR count). The fraction of sp³-hybridized carbons (Fsp3) is 0.933. The second kappa shape index (κ2) is 8.36. The van der Waals surface area contributed by atoms with Crippen molar-refractivity contribution in [2.75, 3.05) is 44.7 Å². The molecule has 0 saturated carbocycles. The summed E-state index contributed by atoms with van der Waals surface area (Å²) < 4.78 is 0. The van der Waals surface area contributed by atoms with E-state index in [0.717, 1.165) is 44.9 Å². The molecule has 1 amide bonds. The topological polar surface area (TPSA) is 61.6 Å². The first-order valence-corrected chi connectivity index (χ1v) is 9.52. The van der Waals surface area contributed by atoms with Gasteiger partial charge in [0.25, 0.3) is 0 Å². The SMILES string of the molecule is CSCC[C@@H](N)C(=O)N1CCN(C2CCNC(C)C2)CC1. The van der Waals surface area contributed by atoms with E-state index in [2.05, 4.69) is 23.4 Å². The highest BCUT2D eigenvalue weighted by atomic mass is 32.2. The summed E-state index contributed by atoms with van der Waals surface area (Å²) in [5, 5.41) is 3.50. The van der Waals surface area contributed by atoms with Gasteiger partial charge in [0.2, 0.25) is 5.91 Å². The van der Waals surface area contributed by atoms with Gasteiger partial charge in [0.05, 0.1) is 6.04 Å². The third kappa shape index (κ3) is 4.84. The number of nitrogens with zero attached hydrogens (tertiary/aromatic N) is 2. The number of hydrogen-bond acceptors (Lipinski definition) is 5. The summed E-state index contributed by atoms with van der Waals surface area (Å²) in [6.07, 6.45) is 5.29. The molecule has 21 heavy (non-hydrogen) atoms. The van der Waals surface area contributed by atoms with Crippen LogP contribution in [0.1, 0.15) is 26.2 Å². The molecule has 0 aromatic rings. The van der Waals surface area contributed by atoms with Crippen molar-refractivity contribution in [1.29, 1.82) is 0 Å². The van der Waals surface area contributed by atoms with Gasteiger partial charge in [-0.2, -0.15) is 11.8 Å². The molecule has 2 fully saturated rings. The van der Waals surface area contributed by atoms with Crippen molar-refractivity contribution in [3.8, 4) is 0 Å². The molecule has 5 nitrogen and oxygen atoms in total. The Balaban J connectivity index is 1.76. The summed E-state index contributed by atoms with van der Waals surface area (Å²) >= 11 is 1.75. The van der Waals surface area contributed by atoms with Crippen molar-refractivity contribution in [2.45, 2.75) is 44.3 Å². The lowest BCUT2D eigenvalue weighted by molar-refractivity contribution is -0.134. The summed E-state index contributed by atoms with van der Waals surface area (Å²) in [7, 11) is 0. The molecule has 3 atom stereocenters. The van der Waals surface area contributed by atoms with Crippen LogP contribution in [0.15, 0.2) is 0 Å². The summed E-state index contributed by atoms with van der Waals surface area (Å²) in [4.78, 5) is 16.8. The van der Waals surface area contributed by atoms with E-state index in [1.165, 1.54) is 12.8 Å². The third-order valence-corrected chi connectivity index (χ3v) is 5.33. The quantitative estimate of drug-likeness (QED) is 0.767. The minimum absolute atomic E-state index is 0.141. The molecule has 2 heterocycles. The molecule has 6 heteroatoms. The standard InChI is InChI=1S/C15H30N4OS/c1-12-11-13(3-5-17-12)18-6-8-19(9-7-18)15(20)14(16)4-10-21-2/h12-14,17H,3-11,16H2,1-2H3/t12?,13?,14-/m1/s1. The van der Waals surface area contributed by atoms with Crippen LogP contribution in [-0.4, -0.2) is 78.6 Å². The number of amides is 1. The van der Waals surface area contributed by atoms with Crippen LogP contribution in [0.25, 0.3) is 0 Å². The van der Waals surface area contributed by atoms with E-state index in [1.54, 1.807) is 11.8 Å². The van der Waals surface area contributed by atoms with Crippen LogP contribution < -0.4 is 11.1 Å². The van der Waals surface area contributed by atoms with E-state index in [9.17, 15) is 4.79 Å². The molecule has 0 aliphatic carbocycles. The Morgan fingerprint density at radius 2 is 2.10 bits per heavy atom. The van der Waals surface area contributed by atoms with Crippen molar-refractivity contribution in [3.63, 3.8) is 0 Å². The number of carbonyl (C=O) groups is 1. The molecule has 2 unspecified atom stereocenters. The van der Waals surface area contributed by atoms with Gasteiger partial charge in [-0.1, -0.05) is 0 Å². The van der Waals surface area contributed by atoms with Crippen molar-refractivity contribution >= 4 is 17.7 Å². The lowest BCUT2D eigenvalue weighted by Gasteiger charge is -2.42. The van der Waals surface area contributed by atoms with Gasteiger partial charge in [-0.3, -0.25) is 9.69 Å². The molecular weight excluding hydrogens is 284 g/mol. The maximum atomic E-state index is 12.3. The summed E-state index contributed by atoms with van der Waals surface area (Å²) in [6, 6.07) is 0.981. The van der Waals surface area contributed by atoms with Gasteiger partial charge >= 0.3 is 0 Å². The second-order valence-electron chi connectivity index (χ2n) is 6.28. The van der Waals surface area contributed by atoms with Crippen LogP contribution in [0, 0.1) is 0 Å². The van der Waals surface area contributed by atoms with Gasteiger partial charge in [0.15, 0.2) is 0 Å². The fourth-order valence-electron chi connectivity index (χ4n) is 3.35. The summed E-state index contributed by atoms with van der Waals surface area (Å²) in [5.41, 5.74) is 6.00. The molecule has 0 aromatic carbocycles. The number of carbonyl (C=O) groups excluding carboxylic acids is 1. The fourth-order valence-corrected chi connectivity index (χ4v) is 3.84. The Morgan fingerprint density at radius 1 is 1.38 bits per heavy atom. The maximum absolute atomic E-state index is 12.3. The Hall–Kier alpha value is -0.300. The van der Waals surface area contributed by atoms with E-state index in [0.29, 0.717) is 12.1 Å². The smallest absolute Gasteiger partial charge is 0.239 e. The predicted octanol–water partition coefficient (Wildman–Crippen LogP) is 0.352. The summed E-state index contributed by atoms with van der Waals surface area (Å²) in [6.45, 7) is 7.05. The number of hydrogen-bond donors (Lipinski definition) is 2. The van der Waals surface area contributed by atoms with Crippen LogP contribution in [0.4, 0.5) is 0 Å². The minimum Gasteiger partial charge on any atom is -0.339 e.